The molecule has 164 valence electrons. The Morgan fingerprint density at radius 2 is 1.67 bits per heavy atom. The van der Waals surface area contributed by atoms with Gasteiger partial charge in [-0.2, -0.15) is 13.2 Å². The van der Waals surface area contributed by atoms with E-state index in [2.05, 4.69) is 41.8 Å². The second kappa shape index (κ2) is 10.3. The fourth-order valence-corrected chi connectivity index (χ4v) is 4.11. The Hall–Kier alpha value is -2.01. The summed E-state index contributed by atoms with van der Waals surface area (Å²) in [4.78, 5) is 4.48. The quantitative estimate of drug-likeness (QED) is 0.477. The third kappa shape index (κ3) is 6.24. The minimum absolute atomic E-state index is 0.573. The molecule has 3 rings (SSSR count). The summed E-state index contributed by atoms with van der Waals surface area (Å²) < 4.78 is 38.9. The maximum atomic E-state index is 13.0. The molecule has 0 spiro atoms. The molecule has 0 amide bonds. The van der Waals surface area contributed by atoms with Crippen LogP contribution in [-0.4, -0.2) is 37.6 Å². The molecule has 30 heavy (non-hydrogen) atoms. The first-order valence-corrected chi connectivity index (χ1v) is 11.1. The van der Waals surface area contributed by atoms with Crippen LogP contribution in [0.1, 0.15) is 48.4 Å². The summed E-state index contributed by atoms with van der Waals surface area (Å²) in [6.07, 6.45) is 1.65. The Kier molecular flexibility index (Phi) is 7.81. The van der Waals surface area contributed by atoms with Gasteiger partial charge >= 0.3 is 6.18 Å². The van der Waals surface area contributed by atoms with E-state index < -0.39 is 11.7 Å². The first kappa shape index (κ1) is 22.7. The zero-order chi connectivity index (χ0) is 21.6. The van der Waals surface area contributed by atoms with Crippen molar-refractivity contribution in [3.63, 3.8) is 0 Å². The van der Waals surface area contributed by atoms with E-state index in [9.17, 15) is 13.2 Å². The van der Waals surface area contributed by atoms with Crippen molar-refractivity contribution >= 4 is 5.69 Å². The predicted octanol–water partition coefficient (Wildman–Crippen LogP) is 6.11. The average Bonchev–Trinajstić information content (AvgIpc) is 2.74. The van der Waals surface area contributed by atoms with Crippen LogP contribution < -0.4 is 4.90 Å². The SMILES string of the molecule is CCCCCc1cc(CCN2CCN(c3cccc(C(F)(F)F)c3)CC2)ccc1C. The Morgan fingerprint density at radius 1 is 0.900 bits per heavy atom. The van der Waals surface area contributed by atoms with E-state index in [0.29, 0.717) is 5.69 Å². The summed E-state index contributed by atoms with van der Waals surface area (Å²) in [7, 11) is 0. The van der Waals surface area contributed by atoms with Crippen LogP contribution in [0.5, 0.6) is 0 Å². The van der Waals surface area contributed by atoms with Gasteiger partial charge in [0, 0.05) is 38.4 Å². The van der Waals surface area contributed by atoms with Crippen molar-refractivity contribution in [3.05, 3.63) is 64.7 Å². The summed E-state index contributed by atoms with van der Waals surface area (Å²) in [6.45, 7) is 8.70. The van der Waals surface area contributed by atoms with Gasteiger partial charge in [0.05, 0.1) is 5.56 Å². The van der Waals surface area contributed by atoms with Crippen LogP contribution in [-0.2, 0) is 19.0 Å². The lowest BCUT2D eigenvalue weighted by Crippen LogP contribution is -2.47. The van der Waals surface area contributed by atoms with E-state index in [1.54, 1.807) is 6.07 Å². The number of rotatable bonds is 8. The number of hydrogen-bond acceptors (Lipinski definition) is 2. The van der Waals surface area contributed by atoms with Gasteiger partial charge in [0.1, 0.15) is 0 Å². The van der Waals surface area contributed by atoms with Gasteiger partial charge in [-0.15, -0.1) is 0 Å². The zero-order valence-electron chi connectivity index (χ0n) is 18.1. The molecule has 1 heterocycles. The van der Waals surface area contributed by atoms with Crippen molar-refractivity contribution in [2.45, 2.75) is 52.1 Å². The van der Waals surface area contributed by atoms with Gasteiger partial charge in [-0.05, 0) is 61.1 Å². The minimum atomic E-state index is -4.29. The molecule has 2 aromatic carbocycles. The van der Waals surface area contributed by atoms with Crippen LogP contribution >= 0.6 is 0 Å². The number of benzene rings is 2. The molecule has 0 bridgehead atoms. The van der Waals surface area contributed by atoms with Gasteiger partial charge in [0.25, 0.3) is 0 Å². The van der Waals surface area contributed by atoms with Crippen molar-refractivity contribution in [1.82, 2.24) is 4.90 Å². The van der Waals surface area contributed by atoms with E-state index in [1.165, 1.54) is 48.1 Å². The highest BCUT2D eigenvalue weighted by atomic mass is 19.4. The Bertz CT molecular complexity index is 808. The Morgan fingerprint density at radius 3 is 2.37 bits per heavy atom. The summed E-state index contributed by atoms with van der Waals surface area (Å²) in [5.41, 5.74) is 4.32. The Labute approximate surface area is 178 Å². The molecule has 0 unspecified atom stereocenters. The monoisotopic (exact) mass is 418 g/mol. The molecular formula is C25H33F3N2. The molecule has 0 aliphatic carbocycles. The summed E-state index contributed by atoms with van der Waals surface area (Å²) in [5, 5.41) is 0. The summed E-state index contributed by atoms with van der Waals surface area (Å²) in [5.74, 6) is 0. The van der Waals surface area contributed by atoms with Crippen LogP contribution in [0.25, 0.3) is 0 Å². The first-order valence-electron chi connectivity index (χ1n) is 11.1. The normalized spacial score (nSPS) is 15.6. The van der Waals surface area contributed by atoms with Gasteiger partial charge < -0.3 is 4.90 Å². The van der Waals surface area contributed by atoms with E-state index in [-0.39, 0.29) is 0 Å². The molecule has 0 atom stereocenters. The summed E-state index contributed by atoms with van der Waals surface area (Å²) >= 11 is 0. The highest BCUT2D eigenvalue weighted by molar-refractivity contribution is 5.49. The van der Waals surface area contributed by atoms with E-state index >= 15 is 0 Å². The lowest BCUT2D eigenvalue weighted by molar-refractivity contribution is -0.137. The van der Waals surface area contributed by atoms with Crippen molar-refractivity contribution < 1.29 is 13.2 Å². The standard InChI is InChI=1S/C25H33F3N2/c1-3-4-5-7-22-18-21(11-10-20(22)2)12-13-29-14-16-30(17-15-29)24-9-6-8-23(19-24)25(26,27)28/h6,8-11,18-19H,3-5,7,12-17H2,1-2H3. The smallest absolute Gasteiger partial charge is 0.369 e. The van der Waals surface area contributed by atoms with Gasteiger partial charge in [0.2, 0.25) is 0 Å². The number of nitrogens with zero attached hydrogens (tertiary/aromatic N) is 2. The van der Waals surface area contributed by atoms with Gasteiger partial charge in [-0.3, -0.25) is 4.90 Å². The van der Waals surface area contributed by atoms with Gasteiger partial charge in [0.15, 0.2) is 0 Å². The van der Waals surface area contributed by atoms with Gasteiger partial charge in [-0.1, -0.05) is 44.0 Å². The minimum Gasteiger partial charge on any atom is -0.369 e. The lowest BCUT2D eigenvalue weighted by Gasteiger charge is -2.36. The third-order valence-electron chi connectivity index (χ3n) is 6.09. The lowest BCUT2D eigenvalue weighted by atomic mass is 9.98. The summed E-state index contributed by atoms with van der Waals surface area (Å²) in [6, 6.07) is 12.5. The molecule has 1 aliphatic heterocycles. The molecule has 0 radical (unpaired) electrons. The molecule has 5 heteroatoms. The number of piperazine rings is 1. The molecule has 0 saturated carbocycles. The molecule has 1 saturated heterocycles. The third-order valence-corrected chi connectivity index (χ3v) is 6.09. The molecule has 0 aromatic heterocycles. The van der Waals surface area contributed by atoms with E-state index in [1.807, 2.05) is 0 Å². The number of unbranched alkanes of at least 4 members (excludes halogenated alkanes) is 2. The number of alkyl halides is 3. The van der Waals surface area contributed by atoms with Crippen LogP contribution in [0, 0.1) is 6.92 Å². The van der Waals surface area contributed by atoms with Crippen molar-refractivity contribution in [3.8, 4) is 0 Å². The van der Waals surface area contributed by atoms with Crippen LogP contribution in [0.3, 0.4) is 0 Å². The van der Waals surface area contributed by atoms with Crippen molar-refractivity contribution in [2.24, 2.45) is 0 Å². The second-order valence-corrected chi connectivity index (χ2v) is 8.34. The first-order chi connectivity index (χ1) is 14.4. The van der Waals surface area contributed by atoms with Crippen molar-refractivity contribution in [2.75, 3.05) is 37.6 Å². The molecule has 2 aromatic rings. The van der Waals surface area contributed by atoms with Gasteiger partial charge in [-0.25, -0.2) is 0 Å². The van der Waals surface area contributed by atoms with E-state index in [4.69, 9.17) is 0 Å². The molecule has 2 nitrogen and oxygen atoms in total. The topological polar surface area (TPSA) is 6.48 Å². The van der Waals surface area contributed by atoms with Crippen LogP contribution in [0.2, 0.25) is 0 Å². The molecular weight excluding hydrogens is 385 g/mol. The average molecular weight is 419 g/mol. The maximum Gasteiger partial charge on any atom is 0.416 e. The maximum absolute atomic E-state index is 13.0. The highest BCUT2D eigenvalue weighted by Gasteiger charge is 2.31. The molecule has 1 fully saturated rings. The zero-order valence-corrected chi connectivity index (χ0v) is 18.1. The number of halogens is 3. The van der Waals surface area contributed by atoms with E-state index in [0.717, 1.165) is 51.6 Å². The number of hydrogen-bond donors (Lipinski definition) is 0. The largest absolute Gasteiger partial charge is 0.416 e. The van der Waals surface area contributed by atoms with Crippen LogP contribution in [0.15, 0.2) is 42.5 Å². The molecule has 0 N–H and O–H groups in total. The fourth-order valence-electron chi connectivity index (χ4n) is 4.11. The van der Waals surface area contributed by atoms with Crippen LogP contribution in [0.4, 0.5) is 18.9 Å². The van der Waals surface area contributed by atoms with Crippen molar-refractivity contribution in [1.29, 1.82) is 0 Å². The fraction of sp³-hybridized carbons (Fsp3) is 0.520. The highest BCUT2D eigenvalue weighted by Crippen LogP contribution is 2.31. The number of aryl methyl sites for hydroxylation is 2. The molecule has 1 aliphatic rings. The second-order valence-electron chi connectivity index (χ2n) is 8.34. The Balaban J connectivity index is 1.50. The predicted molar refractivity (Wildman–Crippen MR) is 118 cm³/mol. The number of anilines is 1.